The molecule has 0 aliphatic heterocycles. The summed E-state index contributed by atoms with van der Waals surface area (Å²) in [6.45, 7) is 6.06. The van der Waals surface area contributed by atoms with Crippen molar-refractivity contribution in [1.29, 1.82) is 0 Å². The Bertz CT molecular complexity index is 1650. The summed E-state index contributed by atoms with van der Waals surface area (Å²) < 4.78 is 45.5. The molecule has 0 saturated heterocycles. The highest BCUT2D eigenvalue weighted by molar-refractivity contribution is 7.48. The molecule has 0 saturated carbocycles. The summed E-state index contributed by atoms with van der Waals surface area (Å²) in [6, 6.07) is 12.6. The average Bonchev–Trinajstić information content (AvgIpc) is 3.36. The fraction of sp³-hybridized carbons (Fsp3) is 0.323. The van der Waals surface area contributed by atoms with Gasteiger partial charge in [0.15, 0.2) is 0 Å². The lowest BCUT2D eigenvalue weighted by Gasteiger charge is -2.22. The van der Waals surface area contributed by atoms with Crippen molar-refractivity contribution < 1.29 is 27.3 Å². The lowest BCUT2D eigenvalue weighted by atomic mass is 10.0. The minimum atomic E-state index is -3.84. The number of carbonyl (C=O) groups is 1. The molecular weight excluding hydrogens is 572 g/mol. The van der Waals surface area contributed by atoms with E-state index < -0.39 is 20.0 Å². The molecule has 1 unspecified atom stereocenters. The molecule has 0 spiro atoms. The largest absolute Gasteiger partial charge is 0.476 e. The van der Waals surface area contributed by atoms with Gasteiger partial charge in [-0.25, -0.2) is 14.5 Å². The van der Waals surface area contributed by atoms with Gasteiger partial charge in [-0.2, -0.15) is 4.39 Å². The van der Waals surface area contributed by atoms with Crippen molar-refractivity contribution in [2.45, 2.75) is 27.0 Å². The number of benzene rings is 1. The van der Waals surface area contributed by atoms with Gasteiger partial charge in [0.25, 0.3) is 0 Å². The van der Waals surface area contributed by atoms with Crippen molar-refractivity contribution in [3.63, 3.8) is 0 Å². The number of fused-ring (bicyclic) bond motifs is 1. The van der Waals surface area contributed by atoms with E-state index in [0.717, 1.165) is 16.8 Å². The van der Waals surface area contributed by atoms with Crippen LogP contribution in [-0.4, -0.2) is 66.2 Å². The van der Waals surface area contributed by atoms with E-state index in [0.29, 0.717) is 28.7 Å². The molecule has 3 heterocycles. The number of pyridine rings is 2. The predicted molar refractivity (Wildman–Crippen MR) is 166 cm³/mol. The van der Waals surface area contributed by atoms with Crippen molar-refractivity contribution in [1.82, 2.24) is 19.4 Å². The molecule has 3 aromatic heterocycles. The number of hydrogen-bond acceptors (Lipinski definition) is 8. The van der Waals surface area contributed by atoms with Crippen LogP contribution >= 0.6 is 7.82 Å². The number of amides is 1. The first-order valence-electron chi connectivity index (χ1n) is 13.9. The number of rotatable bonds is 13. The number of likely N-dealkylation sites (N-methyl/N-ethyl adjacent to an activating group) is 2. The van der Waals surface area contributed by atoms with E-state index in [2.05, 4.69) is 4.98 Å². The molecule has 1 atom stereocenters. The summed E-state index contributed by atoms with van der Waals surface area (Å²) in [5.74, 6) is -0.763. The average molecular weight is 610 g/mol. The Kier molecular flexibility index (Phi) is 10.6. The van der Waals surface area contributed by atoms with Crippen LogP contribution < -0.4 is 4.90 Å². The molecule has 12 heteroatoms. The summed E-state index contributed by atoms with van der Waals surface area (Å²) in [5.41, 5.74) is 4.13. The highest BCUT2D eigenvalue weighted by Gasteiger charge is 2.30. The number of phosphoric ester groups is 1. The first-order valence-corrected chi connectivity index (χ1v) is 15.4. The number of aromatic nitrogens is 3. The monoisotopic (exact) mass is 609 g/mol. The molecule has 43 heavy (non-hydrogen) atoms. The molecule has 0 aliphatic carbocycles. The zero-order chi connectivity index (χ0) is 31.1. The lowest BCUT2D eigenvalue weighted by Crippen LogP contribution is -2.24. The van der Waals surface area contributed by atoms with E-state index in [1.54, 1.807) is 61.8 Å². The van der Waals surface area contributed by atoms with Gasteiger partial charge in [-0.05, 0) is 70.3 Å². The Morgan fingerprint density at radius 2 is 1.79 bits per heavy atom. The number of carbonyl (C=O) groups excluding carboxylic acids is 1. The number of nitrogens with zero attached hydrogens (tertiary/aromatic N) is 5. The molecule has 4 aromatic rings. The molecule has 10 nitrogen and oxygen atoms in total. The van der Waals surface area contributed by atoms with E-state index >= 15 is 0 Å². The molecule has 228 valence electrons. The van der Waals surface area contributed by atoms with E-state index in [4.69, 9.17) is 18.6 Å². The van der Waals surface area contributed by atoms with Crippen molar-refractivity contribution in [2.75, 3.05) is 45.8 Å². The minimum Gasteiger partial charge on any atom is -0.312 e. The van der Waals surface area contributed by atoms with Gasteiger partial charge < -0.3 is 14.4 Å². The minimum absolute atomic E-state index is 0.142. The van der Waals surface area contributed by atoms with Crippen LogP contribution in [-0.2, 0) is 22.9 Å². The van der Waals surface area contributed by atoms with Gasteiger partial charge in [-0.15, -0.1) is 0 Å². The number of phosphoric acid groups is 1. The van der Waals surface area contributed by atoms with Crippen molar-refractivity contribution in [3.8, 4) is 22.3 Å². The van der Waals surface area contributed by atoms with Crippen LogP contribution in [0.15, 0.2) is 73.2 Å². The zero-order valence-corrected chi connectivity index (χ0v) is 26.1. The van der Waals surface area contributed by atoms with Crippen LogP contribution in [0.2, 0.25) is 0 Å². The molecule has 0 bridgehead atoms. The molecular formula is C31H37FN5O5P. The van der Waals surface area contributed by atoms with Gasteiger partial charge in [0, 0.05) is 66.5 Å². The van der Waals surface area contributed by atoms with E-state index in [-0.39, 0.29) is 19.1 Å². The Morgan fingerprint density at radius 1 is 1.05 bits per heavy atom. The van der Waals surface area contributed by atoms with Crippen LogP contribution in [0.25, 0.3) is 33.3 Å². The van der Waals surface area contributed by atoms with Gasteiger partial charge in [-0.1, -0.05) is 18.2 Å². The maximum atomic E-state index is 14.2. The van der Waals surface area contributed by atoms with E-state index in [1.165, 1.54) is 12.3 Å². The van der Waals surface area contributed by atoms with Gasteiger partial charge >= 0.3 is 7.82 Å². The molecule has 1 aromatic carbocycles. The lowest BCUT2D eigenvalue weighted by molar-refractivity contribution is -0.113. The third kappa shape index (κ3) is 7.81. The van der Waals surface area contributed by atoms with Crippen LogP contribution in [0.1, 0.15) is 27.0 Å². The van der Waals surface area contributed by atoms with E-state index in [1.807, 2.05) is 55.4 Å². The third-order valence-electron chi connectivity index (χ3n) is 6.58. The molecule has 0 aliphatic rings. The summed E-state index contributed by atoms with van der Waals surface area (Å²) in [7, 11) is 1.76. The standard InChI is InChI=1S/C31H37FN5O5P/c1-7-40-43(39,41-8-2)42-22(3)37-21-28(24-14-15-33-29(32)19-24)27-18-25(20-34-31(27)37)23-11-9-12-26(17-23)36(6)30(38)13-10-16-35(4)5/h9-15,17-22H,7-8,16H2,1-6H3/b13-10+. The fourth-order valence-corrected chi connectivity index (χ4v) is 5.82. The molecule has 0 fully saturated rings. The maximum Gasteiger partial charge on any atom is 0.476 e. The van der Waals surface area contributed by atoms with Crippen molar-refractivity contribution >= 4 is 30.5 Å². The normalized spacial score (nSPS) is 12.8. The number of hydrogen-bond donors (Lipinski definition) is 0. The van der Waals surface area contributed by atoms with Crippen LogP contribution in [0.4, 0.5) is 10.1 Å². The van der Waals surface area contributed by atoms with Gasteiger partial charge in [0.05, 0.1) is 13.2 Å². The number of anilines is 1. The van der Waals surface area contributed by atoms with Crippen molar-refractivity contribution in [2.24, 2.45) is 0 Å². The molecule has 1 amide bonds. The predicted octanol–water partition coefficient (Wildman–Crippen LogP) is 6.70. The smallest absolute Gasteiger partial charge is 0.312 e. The summed E-state index contributed by atoms with van der Waals surface area (Å²) in [5, 5.41) is 0.711. The quantitative estimate of drug-likeness (QED) is 0.0938. The third-order valence-corrected chi connectivity index (χ3v) is 8.30. The summed E-state index contributed by atoms with van der Waals surface area (Å²) in [6.07, 6.45) is 7.46. The fourth-order valence-electron chi connectivity index (χ4n) is 4.52. The second-order valence-electron chi connectivity index (χ2n) is 10.0. The second kappa shape index (κ2) is 14.2. The first-order chi connectivity index (χ1) is 20.5. The van der Waals surface area contributed by atoms with Gasteiger partial charge in [0.2, 0.25) is 11.9 Å². The topological polar surface area (TPSA) is 99.0 Å². The maximum absolute atomic E-state index is 14.2. The van der Waals surface area contributed by atoms with Crippen molar-refractivity contribution in [3.05, 3.63) is 79.2 Å². The Morgan fingerprint density at radius 3 is 2.47 bits per heavy atom. The Labute approximate surface area is 251 Å². The molecule has 0 N–H and O–H groups in total. The van der Waals surface area contributed by atoms with Gasteiger partial charge in [-0.3, -0.25) is 18.4 Å². The molecule has 0 radical (unpaired) electrons. The van der Waals surface area contributed by atoms with E-state index in [9.17, 15) is 13.8 Å². The zero-order valence-electron chi connectivity index (χ0n) is 25.2. The Balaban J connectivity index is 1.76. The first kappa shape index (κ1) is 32.2. The van der Waals surface area contributed by atoms with Crippen LogP contribution in [0.3, 0.4) is 0 Å². The van der Waals surface area contributed by atoms with Crippen LogP contribution in [0, 0.1) is 5.95 Å². The SMILES string of the molecule is CCOP(=O)(OCC)OC(C)n1cc(-c2ccnc(F)c2)c2cc(-c3cccc(N(C)C(=O)/C=C/CN(C)C)c3)cnc21. The summed E-state index contributed by atoms with van der Waals surface area (Å²) in [4.78, 5) is 24.7. The summed E-state index contributed by atoms with van der Waals surface area (Å²) >= 11 is 0. The van der Waals surface area contributed by atoms with Crippen LogP contribution in [0.5, 0.6) is 0 Å². The highest BCUT2D eigenvalue weighted by atomic mass is 31.2. The van der Waals surface area contributed by atoms with Gasteiger partial charge in [0.1, 0.15) is 11.9 Å². The molecule has 4 rings (SSSR count). The Hall–Kier alpha value is -3.73. The second-order valence-corrected chi connectivity index (χ2v) is 11.6. The number of halogens is 1. The highest BCUT2D eigenvalue weighted by Crippen LogP contribution is 2.52.